The van der Waals surface area contributed by atoms with E-state index in [-0.39, 0.29) is 22.3 Å². The van der Waals surface area contributed by atoms with Gasteiger partial charge in [-0.05, 0) is 56.7 Å². The minimum atomic E-state index is -3.83. The van der Waals surface area contributed by atoms with E-state index in [1.54, 1.807) is 32.2 Å². The van der Waals surface area contributed by atoms with Crippen LogP contribution < -0.4 is 14.8 Å². The first kappa shape index (κ1) is 22.5. The number of nitrogens with one attached hydrogen (secondary N) is 2. The number of aromatic nitrogens is 2. The Bertz CT molecular complexity index is 1170. The number of sulfonamides is 1. The quantitative estimate of drug-likeness (QED) is 0.558. The maximum Gasteiger partial charge on any atom is 0.255 e. The fraction of sp³-hybridized carbons (Fsp3) is 0.273. The van der Waals surface area contributed by atoms with Crippen molar-refractivity contribution in [3.63, 3.8) is 0 Å². The smallest absolute Gasteiger partial charge is 0.255 e. The lowest BCUT2D eigenvalue weighted by Gasteiger charge is -2.14. The van der Waals surface area contributed by atoms with Gasteiger partial charge in [-0.15, -0.1) is 0 Å². The largest absolute Gasteiger partial charge is 0.495 e. The normalized spacial score (nSPS) is 11.5. The topological polar surface area (TPSA) is 102 Å². The number of benzene rings is 2. The minimum Gasteiger partial charge on any atom is -0.495 e. The van der Waals surface area contributed by atoms with Crippen LogP contribution in [0.1, 0.15) is 35.6 Å². The maximum atomic E-state index is 12.7. The molecule has 0 radical (unpaired) electrons. The van der Waals surface area contributed by atoms with Crippen molar-refractivity contribution in [2.24, 2.45) is 0 Å². The molecule has 0 aliphatic carbocycles. The number of carbonyl (C=O) groups excluding carboxylic acids is 1. The molecule has 31 heavy (non-hydrogen) atoms. The molecule has 0 unspecified atom stereocenters. The molecular weight excluding hydrogens is 416 g/mol. The molecular formula is C22H26N4O4S. The molecule has 0 saturated heterocycles. The Morgan fingerprint density at radius 3 is 2.45 bits per heavy atom. The number of anilines is 1. The summed E-state index contributed by atoms with van der Waals surface area (Å²) < 4.78 is 34.9. The van der Waals surface area contributed by atoms with E-state index in [1.165, 1.54) is 25.3 Å². The number of amides is 1. The van der Waals surface area contributed by atoms with E-state index in [2.05, 4.69) is 15.0 Å². The number of methoxy groups -OCH3 is 1. The highest BCUT2D eigenvalue weighted by Crippen LogP contribution is 2.25. The van der Waals surface area contributed by atoms with E-state index in [0.717, 1.165) is 11.4 Å². The number of hydrogen-bond donors (Lipinski definition) is 2. The Kier molecular flexibility index (Phi) is 6.77. The number of imidazole rings is 1. The van der Waals surface area contributed by atoms with E-state index in [9.17, 15) is 13.2 Å². The third-order valence-corrected chi connectivity index (χ3v) is 6.27. The van der Waals surface area contributed by atoms with Crippen LogP contribution in [0.4, 0.5) is 5.69 Å². The Labute approximate surface area is 182 Å². The van der Waals surface area contributed by atoms with Crippen molar-refractivity contribution < 1.29 is 17.9 Å². The van der Waals surface area contributed by atoms with Crippen LogP contribution >= 0.6 is 0 Å². The number of carbonyl (C=O) groups is 1. The van der Waals surface area contributed by atoms with Crippen molar-refractivity contribution in [3.05, 3.63) is 71.8 Å². The molecule has 0 bridgehead atoms. The Morgan fingerprint density at radius 2 is 1.87 bits per heavy atom. The second-order valence-corrected chi connectivity index (χ2v) is 9.08. The van der Waals surface area contributed by atoms with Gasteiger partial charge in [0, 0.05) is 36.2 Å². The molecule has 2 N–H and O–H groups in total. The van der Waals surface area contributed by atoms with Gasteiger partial charge in [0.25, 0.3) is 5.91 Å². The van der Waals surface area contributed by atoms with E-state index in [0.29, 0.717) is 12.2 Å². The zero-order valence-electron chi connectivity index (χ0n) is 17.9. The third-order valence-electron chi connectivity index (χ3n) is 4.59. The van der Waals surface area contributed by atoms with Crippen LogP contribution in [0.3, 0.4) is 0 Å². The number of ether oxygens (including phenoxy) is 1. The zero-order valence-corrected chi connectivity index (χ0v) is 18.7. The van der Waals surface area contributed by atoms with Gasteiger partial charge < -0.3 is 14.6 Å². The average molecular weight is 443 g/mol. The molecule has 2 aromatic carbocycles. The maximum absolute atomic E-state index is 12.7. The summed E-state index contributed by atoms with van der Waals surface area (Å²) in [6, 6.07) is 11.5. The molecule has 8 nitrogen and oxygen atoms in total. The Morgan fingerprint density at radius 1 is 1.16 bits per heavy atom. The first-order valence-corrected chi connectivity index (χ1v) is 11.3. The van der Waals surface area contributed by atoms with Crippen molar-refractivity contribution >= 4 is 21.6 Å². The van der Waals surface area contributed by atoms with E-state index in [1.807, 2.05) is 29.8 Å². The van der Waals surface area contributed by atoms with E-state index in [4.69, 9.17) is 4.74 Å². The molecule has 1 heterocycles. The predicted molar refractivity (Wildman–Crippen MR) is 119 cm³/mol. The standard InChI is InChI=1S/C22H26N4O4S/c1-15(2)25-31(28,29)21-13-18(7-10-20(21)30-4)22(27)24-19-8-5-17(6-9-19)14-26-12-11-23-16(26)3/h5-13,15,25H,14H2,1-4H3,(H,24,27). The lowest BCUT2D eigenvalue weighted by Crippen LogP contribution is -2.30. The van der Waals surface area contributed by atoms with Crippen molar-refractivity contribution in [1.82, 2.24) is 14.3 Å². The van der Waals surface area contributed by atoms with Gasteiger partial charge in [-0.3, -0.25) is 4.79 Å². The fourth-order valence-electron chi connectivity index (χ4n) is 3.07. The van der Waals surface area contributed by atoms with Crippen LogP contribution in [0.5, 0.6) is 5.75 Å². The molecule has 0 aliphatic rings. The highest BCUT2D eigenvalue weighted by molar-refractivity contribution is 7.89. The van der Waals surface area contributed by atoms with Crippen molar-refractivity contribution in [3.8, 4) is 5.75 Å². The summed E-state index contributed by atoms with van der Waals surface area (Å²) in [5.41, 5.74) is 1.89. The first-order valence-electron chi connectivity index (χ1n) is 9.78. The molecule has 0 spiro atoms. The number of aryl methyl sites for hydroxylation is 1. The first-order chi connectivity index (χ1) is 14.7. The highest BCUT2D eigenvalue weighted by Gasteiger charge is 2.22. The molecule has 3 rings (SSSR count). The fourth-order valence-corrected chi connectivity index (χ4v) is 4.51. The summed E-state index contributed by atoms with van der Waals surface area (Å²) >= 11 is 0. The molecule has 3 aromatic rings. The lowest BCUT2D eigenvalue weighted by molar-refractivity contribution is 0.102. The lowest BCUT2D eigenvalue weighted by atomic mass is 10.1. The van der Waals surface area contributed by atoms with E-state index < -0.39 is 15.9 Å². The molecule has 0 saturated carbocycles. The van der Waals surface area contributed by atoms with Crippen LogP contribution in [0, 0.1) is 6.92 Å². The van der Waals surface area contributed by atoms with Crippen LogP contribution in [0.25, 0.3) is 0 Å². The number of nitrogens with zero attached hydrogens (tertiary/aromatic N) is 2. The van der Waals surface area contributed by atoms with Gasteiger partial charge in [0.2, 0.25) is 10.0 Å². The van der Waals surface area contributed by atoms with Crippen molar-refractivity contribution in [2.75, 3.05) is 12.4 Å². The van der Waals surface area contributed by atoms with Crippen LogP contribution in [-0.2, 0) is 16.6 Å². The van der Waals surface area contributed by atoms with E-state index >= 15 is 0 Å². The summed E-state index contributed by atoms with van der Waals surface area (Å²) in [4.78, 5) is 16.8. The summed E-state index contributed by atoms with van der Waals surface area (Å²) in [7, 11) is -2.44. The second kappa shape index (κ2) is 9.32. The molecule has 0 atom stereocenters. The van der Waals surface area contributed by atoms with Gasteiger partial charge in [-0.2, -0.15) is 0 Å². The SMILES string of the molecule is COc1ccc(C(=O)Nc2ccc(Cn3ccnc3C)cc2)cc1S(=O)(=O)NC(C)C. The van der Waals surface area contributed by atoms with Gasteiger partial charge >= 0.3 is 0 Å². The highest BCUT2D eigenvalue weighted by atomic mass is 32.2. The molecule has 9 heteroatoms. The molecule has 1 amide bonds. The molecule has 0 fully saturated rings. The van der Waals surface area contributed by atoms with Gasteiger partial charge in [0.05, 0.1) is 7.11 Å². The summed E-state index contributed by atoms with van der Waals surface area (Å²) in [6.07, 6.45) is 3.67. The third kappa shape index (κ3) is 5.50. The minimum absolute atomic E-state index is 0.0811. The second-order valence-electron chi connectivity index (χ2n) is 7.40. The number of rotatable bonds is 8. The predicted octanol–water partition coefficient (Wildman–Crippen LogP) is 3.19. The van der Waals surface area contributed by atoms with Gasteiger partial charge in [0.15, 0.2) is 0 Å². The summed E-state index contributed by atoms with van der Waals surface area (Å²) in [6.45, 7) is 6.06. The molecule has 164 valence electrons. The molecule has 0 aliphatic heterocycles. The average Bonchev–Trinajstić information content (AvgIpc) is 3.12. The van der Waals surface area contributed by atoms with Crippen LogP contribution in [0.15, 0.2) is 59.8 Å². The van der Waals surface area contributed by atoms with Crippen LogP contribution in [-0.4, -0.2) is 37.0 Å². The summed E-state index contributed by atoms with van der Waals surface area (Å²) in [5.74, 6) is 0.681. The Balaban J connectivity index is 1.77. The van der Waals surface area contributed by atoms with Gasteiger partial charge in [-0.25, -0.2) is 18.1 Å². The van der Waals surface area contributed by atoms with Gasteiger partial charge in [0.1, 0.15) is 16.5 Å². The summed E-state index contributed by atoms with van der Waals surface area (Å²) in [5, 5.41) is 2.80. The monoisotopic (exact) mass is 442 g/mol. The van der Waals surface area contributed by atoms with Crippen molar-refractivity contribution in [2.45, 2.75) is 38.3 Å². The van der Waals surface area contributed by atoms with Crippen LogP contribution in [0.2, 0.25) is 0 Å². The Hall–Kier alpha value is -3.17. The number of hydrogen-bond acceptors (Lipinski definition) is 5. The van der Waals surface area contributed by atoms with Gasteiger partial charge in [-0.1, -0.05) is 12.1 Å². The zero-order chi connectivity index (χ0) is 22.6. The molecule has 1 aromatic heterocycles. The van der Waals surface area contributed by atoms with Crippen molar-refractivity contribution in [1.29, 1.82) is 0 Å².